The lowest BCUT2D eigenvalue weighted by Gasteiger charge is -2.11. The number of amides is 2. The lowest BCUT2D eigenvalue weighted by molar-refractivity contribution is -0.143. The second-order valence-electron chi connectivity index (χ2n) is 2.56. The molecule has 5 nitrogen and oxygen atoms in total. The maximum atomic E-state index is 10.8. The van der Waals surface area contributed by atoms with Gasteiger partial charge in [0.05, 0.1) is 6.10 Å². The number of hydrogen-bond acceptors (Lipinski definition) is 3. The van der Waals surface area contributed by atoms with Crippen molar-refractivity contribution in [3.63, 3.8) is 0 Å². The Labute approximate surface area is 63.8 Å². The number of hydrogen-bond donors (Lipinski definition) is 2. The molecule has 0 spiro atoms. The summed E-state index contributed by atoms with van der Waals surface area (Å²) in [5.41, 5.74) is 4.75. The minimum absolute atomic E-state index is 0.224. The molecular weight excluding hydrogens is 148 g/mol. The van der Waals surface area contributed by atoms with Crippen LogP contribution in [-0.2, 0) is 9.59 Å². The molecular formula is C6H10N2O3. The van der Waals surface area contributed by atoms with Crippen molar-refractivity contribution in [1.29, 1.82) is 0 Å². The summed E-state index contributed by atoms with van der Waals surface area (Å²) in [6.45, 7) is 0.644. The van der Waals surface area contributed by atoms with Crippen LogP contribution in [0, 0.1) is 0 Å². The number of nitrogens with zero attached hydrogens (tertiary/aromatic N) is 1. The highest BCUT2D eigenvalue weighted by Gasteiger charge is 2.27. The van der Waals surface area contributed by atoms with E-state index < -0.39 is 17.9 Å². The molecule has 1 heterocycles. The number of likely N-dealkylation sites (tertiary alicyclic amines) is 1. The van der Waals surface area contributed by atoms with E-state index in [2.05, 4.69) is 0 Å². The standard InChI is InChI=1S/C6H10N2O3/c7-5(10)6(11)8-2-1-4(9)3-8/h4,9H,1-3H2,(H2,7,10)/t4-/m1/s1. The Morgan fingerprint density at radius 2 is 2.18 bits per heavy atom. The van der Waals surface area contributed by atoms with Gasteiger partial charge >= 0.3 is 11.8 Å². The molecule has 0 radical (unpaired) electrons. The van der Waals surface area contributed by atoms with Crippen molar-refractivity contribution in [3.05, 3.63) is 0 Å². The third kappa shape index (κ3) is 1.68. The van der Waals surface area contributed by atoms with Crippen LogP contribution >= 0.6 is 0 Å². The van der Waals surface area contributed by atoms with Crippen molar-refractivity contribution >= 4 is 11.8 Å². The normalized spacial score (nSPS) is 23.7. The van der Waals surface area contributed by atoms with Gasteiger partial charge in [-0.2, -0.15) is 0 Å². The Hall–Kier alpha value is -1.10. The van der Waals surface area contributed by atoms with E-state index in [1.54, 1.807) is 0 Å². The van der Waals surface area contributed by atoms with Crippen molar-refractivity contribution in [2.75, 3.05) is 13.1 Å². The third-order valence-electron chi connectivity index (χ3n) is 1.66. The van der Waals surface area contributed by atoms with E-state index in [1.165, 1.54) is 4.90 Å². The minimum atomic E-state index is -0.959. The van der Waals surface area contributed by atoms with Gasteiger partial charge in [-0.3, -0.25) is 9.59 Å². The molecule has 0 aliphatic carbocycles. The van der Waals surface area contributed by atoms with Gasteiger partial charge in [0.25, 0.3) is 0 Å². The third-order valence-corrected chi connectivity index (χ3v) is 1.66. The van der Waals surface area contributed by atoms with Crippen molar-refractivity contribution in [2.45, 2.75) is 12.5 Å². The van der Waals surface area contributed by atoms with E-state index in [9.17, 15) is 9.59 Å². The fourth-order valence-electron chi connectivity index (χ4n) is 1.08. The smallest absolute Gasteiger partial charge is 0.311 e. The molecule has 1 fully saturated rings. The SMILES string of the molecule is NC(=O)C(=O)N1CC[C@@H](O)C1. The summed E-state index contributed by atoms with van der Waals surface area (Å²) in [5, 5.41) is 8.98. The van der Waals surface area contributed by atoms with Gasteiger partial charge in [-0.1, -0.05) is 0 Å². The number of β-amino-alcohol motifs (C(OH)–C–C–N with tert-alkyl or cyclic N) is 1. The number of carbonyl (C=O) groups is 2. The first-order chi connectivity index (χ1) is 5.11. The monoisotopic (exact) mass is 158 g/mol. The van der Waals surface area contributed by atoms with E-state index in [0.29, 0.717) is 13.0 Å². The Morgan fingerprint density at radius 3 is 2.55 bits per heavy atom. The van der Waals surface area contributed by atoms with Gasteiger partial charge in [-0.05, 0) is 6.42 Å². The molecule has 0 aromatic heterocycles. The maximum absolute atomic E-state index is 10.8. The molecule has 1 aliphatic heterocycles. The van der Waals surface area contributed by atoms with Crippen LogP contribution in [0.25, 0.3) is 0 Å². The molecule has 0 aromatic carbocycles. The van der Waals surface area contributed by atoms with E-state index in [0.717, 1.165) is 0 Å². The fraction of sp³-hybridized carbons (Fsp3) is 0.667. The van der Waals surface area contributed by atoms with E-state index in [1.807, 2.05) is 0 Å². The topological polar surface area (TPSA) is 83.6 Å². The van der Waals surface area contributed by atoms with E-state index in [4.69, 9.17) is 10.8 Å². The van der Waals surface area contributed by atoms with Gasteiger partial charge in [0.1, 0.15) is 0 Å². The number of primary amides is 1. The fourth-order valence-corrected chi connectivity index (χ4v) is 1.08. The number of carbonyl (C=O) groups excluding carboxylic acids is 2. The molecule has 0 saturated carbocycles. The van der Waals surface area contributed by atoms with Crippen LogP contribution < -0.4 is 5.73 Å². The Balaban J connectivity index is 2.50. The molecule has 0 unspecified atom stereocenters. The zero-order valence-electron chi connectivity index (χ0n) is 5.99. The summed E-state index contributed by atoms with van der Waals surface area (Å²) in [4.78, 5) is 22.4. The lowest BCUT2D eigenvalue weighted by Crippen LogP contribution is -2.39. The molecule has 0 aromatic rings. The summed E-state index contributed by atoms with van der Waals surface area (Å²) < 4.78 is 0. The predicted octanol–water partition coefficient (Wildman–Crippen LogP) is -1.94. The van der Waals surface area contributed by atoms with Crippen LogP contribution in [-0.4, -0.2) is 41.0 Å². The van der Waals surface area contributed by atoms with Crippen LogP contribution in [0.5, 0.6) is 0 Å². The first-order valence-corrected chi connectivity index (χ1v) is 3.38. The van der Waals surface area contributed by atoms with Gasteiger partial charge < -0.3 is 15.7 Å². The Morgan fingerprint density at radius 1 is 1.55 bits per heavy atom. The van der Waals surface area contributed by atoms with Crippen molar-refractivity contribution in [3.8, 4) is 0 Å². The highest BCUT2D eigenvalue weighted by atomic mass is 16.3. The van der Waals surface area contributed by atoms with Crippen LogP contribution in [0.1, 0.15) is 6.42 Å². The molecule has 1 aliphatic rings. The quantitative estimate of drug-likeness (QED) is 0.402. The van der Waals surface area contributed by atoms with Gasteiger partial charge in [-0.25, -0.2) is 0 Å². The molecule has 3 N–H and O–H groups in total. The summed E-state index contributed by atoms with van der Waals surface area (Å²) in [5.74, 6) is -1.67. The largest absolute Gasteiger partial charge is 0.391 e. The van der Waals surface area contributed by atoms with Gasteiger partial charge in [-0.15, -0.1) is 0 Å². The van der Waals surface area contributed by atoms with Crippen LogP contribution in [0.4, 0.5) is 0 Å². The summed E-state index contributed by atoms with van der Waals surface area (Å²) in [7, 11) is 0. The average Bonchev–Trinajstić information content (AvgIpc) is 2.34. The highest BCUT2D eigenvalue weighted by Crippen LogP contribution is 2.07. The van der Waals surface area contributed by atoms with Crippen LogP contribution in [0.15, 0.2) is 0 Å². The lowest BCUT2D eigenvalue weighted by atomic mass is 10.3. The second kappa shape index (κ2) is 2.87. The maximum Gasteiger partial charge on any atom is 0.311 e. The zero-order chi connectivity index (χ0) is 8.43. The van der Waals surface area contributed by atoms with E-state index >= 15 is 0 Å². The molecule has 5 heteroatoms. The highest BCUT2D eigenvalue weighted by molar-refractivity contribution is 6.34. The first kappa shape index (κ1) is 8.00. The van der Waals surface area contributed by atoms with Gasteiger partial charge in [0, 0.05) is 13.1 Å². The molecule has 1 saturated heterocycles. The number of aliphatic hydroxyl groups is 1. The average molecular weight is 158 g/mol. The Kier molecular flexibility index (Phi) is 2.09. The second-order valence-corrected chi connectivity index (χ2v) is 2.56. The molecule has 2 amide bonds. The molecule has 62 valence electrons. The van der Waals surface area contributed by atoms with Crippen molar-refractivity contribution in [1.82, 2.24) is 4.90 Å². The number of nitrogens with two attached hydrogens (primary N) is 1. The zero-order valence-corrected chi connectivity index (χ0v) is 5.99. The molecule has 1 atom stereocenters. The van der Waals surface area contributed by atoms with Gasteiger partial charge in [0.2, 0.25) is 0 Å². The van der Waals surface area contributed by atoms with Crippen LogP contribution in [0.3, 0.4) is 0 Å². The first-order valence-electron chi connectivity index (χ1n) is 3.38. The van der Waals surface area contributed by atoms with Crippen molar-refractivity contribution < 1.29 is 14.7 Å². The predicted molar refractivity (Wildman–Crippen MR) is 36.4 cm³/mol. The molecule has 0 bridgehead atoms. The number of aliphatic hydroxyl groups excluding tert-OH is 1. The van der Waals surface area contributed by atoms with Crippen LogP contribution in [0.2, 0.25) is 0 Å². The molecule has 1 rings (SSSR count). The van der Waals surface area contributed by atoms with Crippen molar-refractivity contribution in [2.24, 2.45) is 5.73 Å². The summed E-state index contributed by atoms with van der Waals surface area (Å²) in [6, 6.07) is 0. The number of rotatable bonds is 0. The summed E-state index contributed by atoms with van der Waals surface area (Å²) in [6.07, 6.45) is 0.0252. The minimum Gasteiger partial charge on any atom is -0.391 e. The van der Waals surface area contributed by atoms with Gasteiger partial charge in [0.15, 0.2) is 0 Å². The summed E-state index contributed by atoms with van der Waals surface area (Å²) >= 11 is 0. The Bertz CT molecular complexity index is 192. The molecule has 11 heavy (non-hydrogen) atoms. The van der Waals surface area contributed by atoms with E-state index in [-0.39, 0.29) is 6.54 Å².